The van der Waals surface area contributed by atoms with Crippen molar-refractivity contribution in [1.29, 1.82) is 0 Å². The average Bonchev–Trinajstić information content (AvgIpc) is 2.91. The third-order valence-corrected chi connectivity index (χ3v) is 3.63. The van der Waals surface area contributed by atoms with E-state index in [-0.39, 0.29) is 18.7 Å². The lowest BCUT2D eigenvalue weighted by molar-refractivity contribution is -0.198. The van der Waals surface area contributed by atoms with Crippen molar-refractivity contribution < 1.29 is 18.0 Å². The van der Waals surface area contributed by atoms with Crippen LogP contribution in [0.3, 0.4) is 0 Å². The zero-order valence-electron chi connectivity index (χ0n) is 10.9. The van der Waals surface area contributed by atoms with Gasteiger partial charge in [-0.15, -0.1) is 10.2 Å². The molecule has 1 amide bonds. The predicted molar refractivity (Wildman–Crippen MR) is 62.2 cm³/mol. The van der Waals surface area contributed by atoms with Gasteiger partial charge in [0.25, 0.3) is 0 Å². The molecule has 1 fully saturated rings. The number of nitrogens with one attached hydrogen (secondary N) is 2. The Hall–Kier alpha value is -1.67. The number of aromatic nitrogens is 4. The molecule has 0 saturated heterocycles. The van der Waals surface area contributed by atoms with E-state index in [0.717, 1.165) is 0 Å². The Balaban J connectivity index is 2.03. The van der Waals surface area contributed by atoms with Crippen LogP contribution in [0, 0.1) is 11.8 Å². The molecule has 0 aromatic carbocycles. The standard InChI is InChI=1S/C11H16F3N5O/c1-6(9-16-18-19-17-9)15-10(20)7-4-2-3-5-8(7)11(12,13)14/h6-8H,2-5H2,1H3,(H,15,20)(H,16,17,18,19). The monoisotopic (exact) mass is 291 g/mol. The van der Waals surface area contributed by atoms with Gasteiger partial charge in [0.1, 0.15) is 0 Å². The summed E-state index contributed by atoms with van der Waals surface area (Å²) in [5.41, 5.74) is 0. The molecule has 1 aliphatic rings. The number of carbonyl (C=O) groups is 1. The molecule has 112 valence electrons. The Labute approximate surface area is 113 Å². The van der Waals surface area contributed by atoms with Crippen LogP contribution < -0.4 is 5.32 Å². The number of aromatic amines is 1. The molecule has 1 aromatic rings. The Kier molecular flexibility index (Phi) is 4.24. The predicted octanol–water partition coefficient (Wildman–Crippen LogP) is 1.75. The molecule has 3 atom stereocenters. The van der Waals surface area contributed by atoms with Crippen molar-refractivity contribution in [3.63, 3.8) is 0 Å². The second kappa shape index (κ2) is 5.76. The van der Waals surface area contributed by atoms with E-state index >= 15 is 0 Å². The molecule has 0 radical (unpaired) electrons. The number of H-pyrrole nitrogens is 1. The summed E-state index contributed by atoms with van der Waals surface area (Å²) in [7, 11) is 0. The van der Waals surface area contributed by atoms with E-state index < -0.39 is 30.0 Å². The van der Waals surface area contributed by atoms with Crippen molar-refractivity contribution in [2.24, 2.45) is 11.8 Å². The maximum atomic E-state index is 12.9. The van der Waals surface area contributed by atoms with E-state index in [1.165, 1.54) is 0 Å². The van der Waals surface area contributed by atoms with Crippen molar-refractivity contribution in [3.8, 4) is 0 Å². The fourth-order valence-corrected chi connectivity index (χ4v) is 2.57. The molecule has 2 rings (SSSR count). The minimum absolute atomic E-state index is 0.0121. The van der Waals surface area contributed by atoms with Crippen LogP contribution in [0.5, 0.6) is 0 Å². The average molecular weight is 291 g/mol. The first kappa shape index (κ1) is 14.7. The number of carbonyl (C=O) groups excluding carboxylic acids is 1. The first-order chi connectivity index (χ1) is 9.39. The first-order valence-corrected chi connectivity index (χ1v) is 6.50. The van der Waals surface area contributed by atoms with E-state index in [9.17, 15) is 18.0 Å². The van der Waals surface area contributed by atoms with E-state index in [0.29, 0.717) is 12.8 Å². The zero-order valence-corrected chi connectivity index (χ0v) is 10.9. The summed E-state index contributed by atoms with van der Waals surface area (Å²) in [5.74, 6) is -2.94. The van der Waals surface area contributed by atoms with Crippen molar-refractivity contribution in [3.05, 3.63) is 5.82 Å². The number of tetrazole rings is 1. The molecule has 3 unspecified atom stereocenters. The molecule has 1 aliphatic carbocycles. The van der Waals surface area contributed by atoms with Gasteiger partial charge in [0.15, 0.2) is 5.82 Å². The molecule has 20 heavy (non-hydrogen) atoms. The van der Waals surface area contributed by atoms with E-state index in [4.69, 9.17) is 0 Å². The Morgan fingerprint density at radius 2 is 2.10 bits per heavy atom. The highest BCUT2D eigenvalue weighted by Gasteiger charge is 2.48. The van der Waals surface area contributed by atoms with Gasteiger partial charge < -0.3 is 5.32 Å². The SMILES string of the molecule is CC(NC(=O)C1CCCCC1C(F)(F)F)c1nn[nH]n1. The van der Waals surface area contributed by atoms with Crippen LogP contribution >= 0.6 is 0 Å². The smallest absolute Gasteiger partial charge is 0.346 e. The second-order valence-corrected chi connectivity index (χ2v) is 5.04. The summed E-state index contributed by atoms with van der Waals surface area (Å²) in [4.78, 5) is 12.1. The minimum atomic E-state index is -4.34. The minimum Gasteiger partial charge on any atom is -0.346 e. The van der Waals surface area contributed by atoms with Gasteiger partial charge in [-0.2, -0.15) is 18.4 Å². The van der Waals surface area contributed by atoms with Crippen LogP contribution in [0.4, 0.5) is 13.2 Å². The molecule has 0 bridgehead atoms. The third kappa shape index (κ3) is 3.26. The van der Waals surface area contributed by atoms with E-state index in [1.54, 1.807) is 6.92 Å². The lowest BCUT2D eigenvalue weighted by Crippen LogP contribution is -2.43. The van der Waals surface area contributed by atoms with Crippen LogP contribution in [0.2, 0.25) is 0 Å². The van der Waals surface area contributed by atoms with E-state index in [2.05, 4.69) is 25.9 Å². The Morgan fingerprint density at radius 3 is 2.70 bits per heavy atom. The van der Waals surface area contributed by atoms with Crippen LogP contribution in [-0.2, 0) is 4.79 Å². The number of nitrogens with zero attached hydrogens (tertiary/aromatic N) is 3. The highest BCUT2D eigenvalue weighted by molar-refractivity contribution is 5.79. The summed E-state index contributed by atoms with van der Waals surface area (Å²) in [6.45, 7) is 1.61. The lowest BCUT2D eigenvalue weighted by Gasteiger charge is -2.32. The van der Waals surface area contributed by atoms with Crippen LogP contribution in [0.25, 0.3) is 0 Å². The molecule has 1 saturated carbocycles. The number of amides is 1. The van der Waals surface area contributed by atoms with E-state index in [1.807, 2.05) is 0 Å². The summed E-state index contributed by atoms with van der Waals surface area (Å²) < 4.78 is 38.8. The molecular weight excluding hydrogens is 275 g/mol. The van der Waals surface area contributed by atoms with Crippen molar-refractivity contribution in [1.82, 2.24) is 25.9 Å². The molecule has 6 nitrogen and oxygen atoms in total. The maximum Gasteiger partial charge on any atom is 0.392 e. The van der Waals surface area contributed by atoms with Gasteiger partial charge in [-0.3, -0.25) is 4.79 Å². The molecular formula is C11H16F3N5O. The molecule has 1 aromatic heterocycles. The zero-order chi connectivity index (χ0) is 14.8. The molecule has 9 heteroatoms. The third-order valence-electron chi connectivity index (χ3n) is 3.63. The number of hydrogen-bond donors (Lipinski definition) is 2. The van der Waals surface area contributed by atoms with Crippen LogP contribution in [-0.4, -0.2) is 32.7 Å². The molecule has 0 spiro atoms. The highest BCUT2D eigenvalue weighted by atomic mass is 19.4. The lowest BCUT2D eigenvalue weighted by atomic mass is 9.78. The van der Waals surface area contributed by atoms with Crippen molar-refractivity contribution in [2.75, 3.05) is 0 Å². The number of rotatable bonds is 3. The molecule has 2 N–H and O–H groups in total. The summed E-state index contributed by atoms with van der Waals surface area (Å²) >= 11 is 0. The van der Waals surface area contributed by atoms with Gasteiger partial charge in [-0.1, -0.05) is 18.1 Å². The fraction of sp³-hybridized carbons (Fsp3) is 0.818. The summed E-state index contributed by atoms with van der Waals surface area (Å²) in [6, 6.07) is -0.572. The normalized spacial score (nSPS) is 25.2. The van der Waals surface area contributed by atoms with Crippen molar-refractivity contribution in [2.45, 2.75) is 44.8 Å². The summed E-state index contributed by atoms with van der Waals surface area (Å²) in [5, 5.41) is 15.5. The molecule has 0 aliphatic heterocycles. The fourth-order valence-electron chi connectivity index (χ4n) is 2.57. The number of hydrogen-bond acceptors (Lipinski definition) is 4. The van der Waals surface area contributed by atoms with Gasteiger partial charge in [0.05, 0.1) is 12.0 Å². The van der Waals surface area contributed by atoms with Gasteiger partial charge in [0, 0.05) is 5.92 Å². The highest BCUT2D eigenvalue weighted by Crippen LogP contribution is 2.41. The van der Waals surface area contributed by atoms with Crippen LogP contribution in [0.1, 0.15) is 44.5 Å². The topological polar surface area (TPSA) is 83.6 Å². The molecule has 1 heterocycles. The van der Waals surface area contributed by atoms with Gasteiger partial charge >= 0.3 is 6.18 Å². The van der Waals surface area contributed by atoms with Crippen molar-refractivity contribution >= 4 is 5.91 Å². The number of halogens is 3. The quantitative estimate of drug-likeness (QED) is 0.888. The van der Waals surface area contributed by atoms with Gasteiger partial charge in [-0.25, -0.2) is 0 Å². The Morgan fingerprint density at radius 1 is 1.40 bits per heavy atom. The number of alkyl halides is 3. The largest absolute Gasteiger partial charge is 0.392 e. The van der Waals surface area contributed by atoms with Gasteiger partial charge in [-0.05, 0) is 19.8 Å². The first-order valence-electron chi connectivity index (χ1n) is 6.50. The van der Waals surface area contributed by atoms with Crippen LogP contribution in [0.15, 0.2) is 0 Å². The maximum absolute atomic E-state index is 12.9. The van der Waals surface area contributed by atoms with Gasteiger partial charge in [0.2, 0.25) is 5.91 Å². The Bertz CT molecular complexity index is 447. The summed E-state index contributed by atoms with van der Waals surface area (Å²) in [6.07, 6.45) is -2.92. The second-order valence-electron chi connectivity index (χ2n) is 5.04.